The van der Waals surface area contributed by atoms with E-state index in [1.54, 1.807) is 36.4 Å². The molecule has 10 heteroatoms. The first-order valence-electron chi connectivity index (χ1n) is 9.99. The van der Waals surface area contributed by atoms with E-state index in [1.807, 2.05) is 0 Å². The number of methoxy groups -OCH3 is 2. The fourth-order valence-corrected chi connectivity index (χ4v) is 4.71. The predicted molar refractivity (Wildman–Crippen MR) is 119 cm³/mol. The molecular weight excluding hydrogens is 436 g/mol. The minimum Gasteiger partial charge on any atom is -0.497 e. The van der Waals surface area contributed by atoms with Crippen molar-refractivity contribution in [1.82, 2.24) is 5.32 Å². The number of rotatable bonds is 6. The summed E-state index contributed by atoms with van der Waals surface area (Å²) in [5.74, 6) is -1.21. The van der Waals surface area contributed by atoms with Gasteiger partial charge in [-0.15, -0.1) is 0 Å². The van der Waals surface area contributed by atoms with Crippen molar-refractivity contribution < 1.29 is 23.9 Å². The Hall–Kier alpha value is -3.30. The number of carbonyl (C=O) groups excluding carboxylic acids is 3. The summed E-state index contributed by atoms with van der Waals surface area (Å²) in [6.45, 7) is 0. The van der Waals surface area contributed by atoms with Crippen LogP contribution in [-0.2, 0) is 19.9 Å². The maximum atomic E-state index is 13.5. The number of hydrogen-bond donors (Lipinski definition) is 4. The van der Waals surface area contributed by atoms with Crippen LogP contribution in [0.3, 0.4) is 0 Å². The molecule has 1 saturated heterocycles. The summed E-state index contributed by atoms with van der Waals surface area (Å²) < 4.78 is 10.6. The highest BCUT2D eigenvalue weighted by Gasteiger charge is 2.60. The first-order chi connectivity index (χ1) is 15.3. The molecule has 2 aliphatic rings. The Balaban J connectivity index is 1.75. The number of nitrogens with one attached hydrogen (secondary N) is 3. The Morgan fingerprint density at radius 2 is 2.00 bits per heavy atom. The molecule has 0 bridgehead atoms. The highest BCUT2D eigenvalue weighted by Crippen LogP contribution is 2.48. The van der Waals surface area contributed by atoms with Crippen molar-refractivity contribution in [2.24, 2.45) is 11.7 Å². The summed E-state index contributed by atoms with van der Waals surface area (Å²) in [7, 11) is 3.00. The molecule has 0 aliphatic carbocycles. The second-order valence-electron chi connectivity index (χ2n) is 7.81. The number of primary amides is 1. The van der Waals surface area contributed by atoms with E-state index in [9.17, 15) is 14.4 Å². The SMILES string of the molecule is COc1ccc(OC)c(NC(=O)[C@@H]2C[C@@H](CC(N)=O)N[C@@]23C(=O)Nc2ccc(Cl)cc23)c1. The van der Waals surface area contributed by atoms with Gasteiger partial charge in [0.25, 0.3) is 0 Å². The Labute approximate surface area is 189 Å². The van der Waals surface area contributed by atoms with Crippen LogP contribution < -0.4 is 31.2 Å². The highest BCUT2D eigenvalue weighted by molar-refractivity contribution is 6.31. The number of hydrogen-bond acceptors (Lipinski definition) is 6. The molecule has 3 atom stereocenters. The summed E-state index contributed by atoms with van der Waals surface area (Å²) in [6.07, 6.45) is 0.206. The molecule has 3 amide bonds. The number of anilines is 2. The van der Waals surface area contributed by atoms with E-state index < -0.39 is 29.3 Å². The zero-order chi connectivity index (χ0) is 23.0. The van der Waals surface area contributed by atoms with Crippen molar-refractivity contribution in [3.8, 4) is 11.5 Å². The smallest absolute Gasteiger partial charge is 0.250 e. The Bertz CT molecular complexity index is 1110. The van der Waals surface area contributed by atoms with Crippen LogP contribution in [0.5, 0.6) is 11.5 Å². The lowest BCUT2D eigenvalue weighted by molar-refractivity contribution is -0.130. The standard InChI is InChI=1S/C22H23ClN4O5/c1-31-13-4-6-18(32-2)17(10-13)25-20(29)15-8-12(9-19(24)28)27-22(15)14-7-11(23)3-5-16(14)26-21(22)30/h3-7,10,12,15,27H,8-9H2,1-2H3,(H2,24,28)(H,25,29)(H,26,30)/t12-,15-,22+/m0/s1. The molecule has 5 N–H and O–H groups in total. The first kappa shape index (κ1) is 21.9. The summed E-state index contributed by atoms with van der Waals surface area (Å²) in [5.41, 5.74) is 5.52. The van der Waals surface area contributed by atoms with Crippen molar-refractivity contribution in [1.29, 1.82) is 0 Å². The molecular formula is C22H23ClN4O5. The molecule has 0 aromatic heterocycles. The molecule has 1 fully saturated rings. The molecule has 2 heterocycles. The zero-order valence-corrected chi connectivity index (χ0v) is 18.3. The summed E-state index contributed by atoms with van der Waals surface area (Å²) in [6, 6.07) is 9.54. The minimum absolute atomic E-state index is 0.0167. The number of halogens is 1. The van der Waals surface area contributed by atoms with E-state index in [0.717, 1.165) is 0 Å². The van der Waals surface area contributed by atoms with Crippen LogP contribution in [0, 0.1) is 5.92 Å². The van der Waals surface area contributed by atoms with Gasteiger partial charge in [-0.2, -0.15) is 0 Å². The van der Waals surface area contributed by atoms with Gasteiger partial charge in [-0.1, -0.05) is 11.6 Å². The molecule has 2 aromatic rings. The van der Waals surface area contributed by atoms with Crippen LogP contribution >= 0.6 is 11.6 Å². The number of carbonyl (C=O) groups is 3. The normalized spacial score (nSPS) is 23.5. The van der Waals surface area contributed by atoms with Gasteiger partial charge in [0.2, 0.25) is 17.7 Å². The third-order valence-electron chi connectivity index (χ3n) is 5.92. The summed E-state index contributed by atoms with van der Waals surface area (Å²) in [4.78, 5) is 38.4. The molecule has 0 saturated carbocycles. The van der Waals surface area contributed by atoms with Gasteiger partial charge in [0.15, 0.2) is 0 Å². The monoisotopic (exact) mass is 458 g/mol. The quantitative estimate of drug-likeness (QED) is 0.523. The van der Waals surface area contributed by atoms with Gasteiger partial charge >= 0.3 is 0 Å². The average molecular weight is 459 g/mol. The largest absolute Gasteiger partial charge is 0.497 e. The van der Waals surface area contributed by atoms with E-state index >= 15 is 0 Å². The van der Waals surface area contributed by atoms with Gasteiger partial charge in [-0.3, -0.25) is 19.7 Å². The van der Waals surface area contributed by atoms with Gasteiger partial charge in [0.1, 0.15) is 17.0 Å². The third kappa shape index (κ3) is 3.63. The molecule has 0 radical (unpaired) electrons. The summed E-state index contributed by atoms with van der Waals surface area (Å²) >= 11 is 6.21. The van der Waals surface area contributed by atoms with E-state index in [2.05, 4.69) is 16.0 Å². The molecule has 1 spiro atoms. The maximum absolute atomic E-state index is 13.5. The Kier molecular flexibility index (Phi) is 5.70. The van der Waals surface area contributed by atoms with Crippen LogP contribution in [0.25, 0.3) is 0 Å². The van der Waals surface area contributed by atoms with Gasteiger partial charge in [-0.25, -0.2) is 0 Å². The van der Waals surface area contributed by atoms with Crippen molar-refractivity contribution in [2.45, 2.75) is 24.4 Å². The minimum atomic E-state index is -1.39. The van der Waals surface area contributed by atoms with Crippen molar-refractivity contribution in [3.63, 3.8) is 0 Å². The second-order valence-corrected chi connectivity index (χ2v) is 8.24. The highest BCUT2D eigenvalue weighted by atomic mass is 35.5. The van der Waals surface area contributed by atoms with Crippen LogP contribution in [-0.4, -0.2) is 38.0 Å². The lowest BCUT2D eigenvalue weighted by atomic mass is 9.79. The molecule has 4 rings (SSSR count). The topological polar surface area (TPSA) is 132 Å². The van der Waals surface area contributed by atoms with Crippen molar-refractivity contribution in [3.05, 3.63) is 47.0 Å². The second kappa shape index (κ2) is 8.33. The molecule has 0 unspecified atom stereocenters. The summed E-state index contributed by atoms with van der Waals surface area (Å²) in [5, 5.41) is 9.31. The van der Waals surface area contributed by atoms with Crippen LogP contribution in [0.2, 0.25) is 5.02 Å². The molecule has 168 valence electrons. The van der Waals surface area contributed by atoms with Crippen LogP contribution in [0.1, 0.15) is 18.4 Å². The molecule has 9 nitrogen and oxygen atoms in total. The van der Waals surface area contributed by atoms with Crippen molar-refractivity contribution in [2.75, 3.05) is 24.9 Å². The van der Waals surface area contributed by atoms with Crippen molar-refractivity contribution >= 4 is 40.7 Å². The predicted octanol–water partition coefficient (Wildman–Crippen LogP) is 2.00. The van der Waals surface area contributed by atoms with Gasteiger partial charge in [-0.05, 0) is 36.8 Å². The average Bonchev–Trinajstić information content (AvgIpc) is 3.26. The van der Waals surface area contributed by atoms with Crippen LogP contribution in [0.15, 0.2) is 36.4 Å². The number of nitrogens with two attached hydrogens (primary N) is 1. The van der Waals surface area contributed by atoms with E-state index in [-0.39, 0.29) is 18.7 Å². The fourth-order valence-electron chi connectivity index (χ4n) is 4.54. The van der Waals surface area contributed by atoms with Gasteiger partial charge in [0, 0.05) is 34.8 Å². The fraction of sp³-hybridized carbons (Fsp3) is 0.318. The number of ether oxygens (including phenoxy) is 2. The third-order valence-corrected chi connectivity index (χ3v) is 6.15. The lowest BCUT2D eigenvalue weighted by Gasteiger charge is -2.29. The Morgan fingerprint density at radius 3 is 2.69 bits per heavy atom. The number of amides is 3. The van der Waals surface area contributed by atoms with E-state index in [1.165, 1.54) is 14.2 Å². The maximum Gasteiger partial charge on any atom is 0.250 e. The first-order valence-corrected chi connectivity index (χ1v) is 10.4. The molecule has 2 aliphatic heterocycles. The van der Waals surface area contributed by atoms with E-state index in [0.29, 0.717) is 33.5 Å². The number of benzene rings is 2. The van der Waals surface area contributed by atoms with E-state index in [4.69, 9.17) is 26.8 Å². The zero-order valence-electron chi connectivity index (χ0n) is 17.5. The van der Waals surface area contributed by atoms with Gasteiger partial charge < -0.3 is 25.8 Å². The Morgan fingerprint density at radius 1 is 1.22 bits per heavy atom. The lowest BCUT2D eigenvalue weighted by Crippen LogP contribution is -2.52. The van der Waals surface area contributed by atoms with Crippen LogP contribution in [0.4, 0.5) is 11.4 Å². The molecule has 32 heavy (non-hydrogen) atoms. The number of fused-ring (bicyclic) bond motifs is 2. The molecule has 2 aromatic carbocycles. The van der Waals surface area contributed by atoms with Gasteiger partial charge in [0.05, 0.1) is 25.8 Å².